The van der Waals surface area contributed by atoms with Gasteiger partial charge >= 0.3 is 0 Å². The van der Waals surface area contributed by atoms with Gasteiger partial charge in [0.05, 0.1) is 11.4 Å². The van der Waals surface area contributed by atoms with E-state index in [0.29, 0.717) is 0 Å². The van der Waals surface area contributed by atoms with Gasteiger partial charge in [0.15, 0.2) is 4.96 Å². The molecule has 0 spiro atoms. The zero-order chi connectivity index (χ0) is 11.5. The maximum absolute atomic E-state index is 4.54. The summed E-state index contributed by atoms with van der Waals surface area (Å²) in [5, 5.41) is 5.42. The molecule has 0 unspecified atom stereocenters. The smallest absolute Gasteiger partial charge is 0.194 e. The molecule has 0 aliphatic rings. The first-order chi connectivity index (χ1) is 7.74. The molecule has 0 radical (unpaired) electrons. The number of likely N-dealkylation sites (N-methyl/N-ethyl adjacent to an activating group) is 1. The Hall–Kier alpha value is -1.13. The Morgan fingerprint density at radius 2 is 2.31 bits per heavy atom. The number of aryl methyl sites for hydroxylation is 2. The minimum atomic E-state index is 0.909. The van der Waals surface area contributed by atoms with Crippen LogP contribution in [0.4, 0.5) is 0 Å². The molecule has 0 saturated carbocycles. The quantitative estimate of drug-likeness (QED) is 0.825. The van der Waals surface area contributed by atoms with E-state index in [-0.39, 0.29) is 0 Å². The highest BCUT2D eigenvalue weighted by atomic mass is 32.1. The second-order valence-corrected chi connectivity index (χ2v) is 4.62. The molecule has 2 heterocycles. The minimum Gasteiger partial charge on any atom is -0.314 e. The lowest BCUT2D eigenvalue weighted by Crippen LogP contribution is -2.11. The van der Waals surface area contributed by atoms with Gasteiger partial charge in [-0.3, -0.25) is 4.40 Å². The highest BCUT2D eigenvalue weighted by Crippen LogP contribution is 2.21. The third-order valence-electron chi connectivity index (χ3n) is 2.54. The van der Waals surface area contributed by atoms with Gasteiger partial charge in [-0.05, 0) is 26.5 Å². The van der Waals surface area contributed by atoms with Gasteiger partial charge < -0.3 is 5.32 Å². The molecule has 86 valence electrons. The number of fused-ring (bicyclic) bond motifs is 1. The van der Waals surface area contributed by atoms with E-state index >= 15 is 0 Å². The van der Waals surface area contributed by atoms with Crippen molar-refractivity contribution in [3.8, 4) is 0 Å². The molecule has 4 heteroatoms. The van der Waals surface area contributed by atoms with Crippen molar-refractivity contribution in [2.24, 2.45) is 0 Å². The first-order valence-electron chi connectivity index (χ1n) is 5.54. The van der Waals surface area contributed by atoms with E-state index in [9.17, 15) is 0 Å². The largest absolute Gasteiger partial charge is 0.314 e. The molecule has 0 atom stereocenters. The van der Waals surface area contributed by atoms with Gasteiger partial charge in [-0.2, -0.15) is 0 Å². The molecule has 0 saturated heterocycles. The average Bonchev–Trinajstić information content (AvgIpc) is 2.75. The van der Waals surface area contributed by atoms with Crippen molar-refractivity contribution in [3.05, 3.63) is 28.5 Å². The van der Waals surface area contributed by atoms with E-state index < -0.39 is 0 Å². The molecular weight excluding hydrogens is 218 g/mol. The van der Waals surface area contributed by atoms with E-state index in [1.165, 1.54) is 11.4 Å². The summed E-state index contributed by atoms with van der Waals surface area (Å²) < 4.78 is 2.21. The summed E-state index contributed by atoms with van der Waals surface area (Å²) in [5.74, 6) is 0. The fraction of sp³-hybridized carbons (Fsp3) is 0.417. The molecule has 0 aliphatic heterocycles. The maximum Gasteiger partial charge on any atom is 0.194 e. The van der Waals surface area contributed by atoms with Gasteiger partial charge in [-0.25, -0.2) is 4.98 Å². The molecule has 0 amide bonds. The minimum absolute atomic E-state index is 0.909. The number of nitrogens with one attached hydrogen (secondary N) is 1. The Balaban J connectivity index is 2.31. The normalized spacial score (nSPS) is 11.9. The lowest BCUT2D eigenvalue weighted by atomic mass is 10.3. The van der Waals surface area contributed by atoms with Gasteiger partial charge in [0.1, 0.15) is 0 Å². The molecule has 2 aromatic rings. The second kappa shape index (κ2) is 4.80. The molecule has 1 N–H and O–H groups in total. The standard InChI is InChI=1S/C12H17N3S/c1-4-13-7-5-6-11-10(3)14-12-15(11)9(2)8-16-12/h5-6,8,13H,4,7H2,1-3H3. The van der Waals surface area contributed by atoms with Crippen molar-refractivity contribution < 1.29 is 0 Å². The van der Waals surface area contributed by atoms with Crippen LogP contribution in [0.15, 0.2) is 11.5 Å². The number of thiazole rings is 1. The predicted molar refractivity (Wildman–Crippen MR) is 70.1 cm³/mol. The lowest BCUT2D eigenvalue weighted by molar-refractivity contribution is 0.800. The van der Waals surface area contributed by atoms with Crippen LogP contribution in [0.1, 0.15) is 24.0 Å². The van der Waals surface area contributed by atoms with Crippen molar-refractivity contribution in [1.82, 2.24) is 14.7 Å². The summed E-state index contributed by atoms with van der Waals surface area (Å²) in [6, 6.07) is 0. The van der Waals surface area contributed by atoms with Gasteiger partial charge in [0.2, 0.25) is 0 Å². The monoisotopic (exact) mass is 235 g/mol. The van der Waals surface area contributed by atoms with Crippen molar-refractivity contribution in [2.45, 2.75) is 20.8 Å². The fourth-order valence-corrected chi connectivity index (χ4v) is 2.64. The molecule has 2 aromatic heterocycles. The Morgan fingerprint density at radius 1 is 1.50 bits per heavy atom. The number of rotatable bonds is 4. The second-order valence-electron chi connectivity index (χ2n) is 3.79. The predicted octanol–water partition coefficient (Wildman–Crippen LogP) is 2.64. The molecule has 0 aromatic carbocycles. The Kier molecular flexibility index (Phi) is 3.41. The summed E-state index contributed by atoms with van der Waals surface area (Å²) in [6.45, 7) is 8.20. The van der Waals surface area contributed by atoms with Crippen LogP contribution in [0.2, 0.25) is 0 Å². The fourth-order valence-electron chi connectivity index (χ4n) is 1.72. The number of aromatic nitrogens is 2. The van der Waals surface area contributed by atoms with Crippen LogP contribution in [-0.4, -0.2) is 22.5 Å². The van der Waals surface area contributed by atoms with E-state index in [2.05, 4.69) is 53.0 Å². The molecule has 3 nitrogen and oxygen atoms in total. The van der Waals surface area contributed by atoms with Crippen molar-refractivity contribution >= 4 is 22.4 Å². The number of imidazole rings is 1. The zero-order valence-corrected chi connectivity index (χ0v) is 10.8. The van der Waals surface area contributed by atoms with Crippen molar-refractivity contribution in [3.63, 3.8) is 0 Å². The third kappa shape index (κ3) is 2.03. The molecular formula is C12H17N3S. The molecule has 0 bridgehead atoms. The zero-order valence-electron chi connectivity index (χ0n) is 9.95. The third-order valence-corrected chi connectivity index (χ3v) is 3.49. The average molecular weight is 235 g/mol. The summed E-state index contributed by atoms with van der Waals surface area (Å²) >= 11 is 1.69. The van der Waals surface area contributed by atoms with E-state index in [1.54, 1.807) is 11.3 Å². The van der Waals surface area contributed by atoms with Crippen LogP contribution in [0.5, 0.6) is 0 Å². The lowest BCUT2D eigenvalue weighted by Gasteiger charge is -1.97. The number of hydrogen-bond acceptors (Lipinski definition) is 3. The SMILES string of the molecule is CCNCC=Cc1c(C)nc2scc(C)n12. The first kappa shape index (κ1) is 11.4. The molecule has 2 rings (SSSR count). The van der Waals surface area contributed by atoms with Crippen LogP contribution in [0, 0.1) is 13.8 Å². The Morgan fingerprint density at radius 3 is 3.06 bits per heavy atom. The summed E-state index contributed by atoms with van der Waals surface area (Å²) in [5.41, 5.74) is 3.55. The van der Waals surface area contributed by atoms with E-state index in [4.69, 9.17) is 0 Å². The first-order valence-corrected chi connectivity index (χ1v) is 6.42. The number of hydrogen-bond donors (Lipinski definition) is 1. The van der Waals surface area contributed by atoms with E-state index in [1.807, 2.05) is 0 Å². The van der Waals surface area contributed by atoms with Crippen molar-refractivity contribution in [2.75, 3.05) is 13.1 Å². The van der Waals surface area contributed by atoms with Gasteiger partial charge in [0, 0.05) is 17.6 Å². The molecule has 0 aliphatic carbocycles. The Labute approximate surface area is 99.8 Å². The molecule has 16 heavy (non-hydrogen) atoms. The highest BCUT2D eigenvalue weighted by molar-refractivity contribution is 7.15. The van der Waals surface area contributed by atoms with E-state index in [0.717, 1.165) is 23.7 Å². The van der Waals surface area contributed by atoms with Gasteiger partial charge in [-0.15, -0.1) is 11.3 Å². The van der Waals surface area contributed by atoms with Gasteiger partial charge in [-0.1, -0.05) is 13.0 Å². The molecule has 0 fully saturated rings. The van der Waals surface area contributed by atoms with Crippen molar-refractivity contribution in [1.29, 1.82) is 0 Å². The highest BCUT2D eigenvalue weighted by Gasteiger charge is 2.08. The van der Waals surface area contributed by atoms with Crippen LogP contribution in [-0.2, 0) is 0 Å². The topological polar surface area (TPSA) is 29.3 Å². The van der Waals surface area contributed by atoms with Crippen LogP contribution < -0.4 is 5.32 Å². The van der Waals surface area contributed by atoms with Crippen LogP contribution in [0.25, 0.3) is 11.0 Å². The van der Waals surface area contributed by atoms with Gasteiger partial charge in [0.25, 0.3) is 0 Å². The summed E-state index contributed by atoms with van der Waals surface area (Å²) in [7, 11) is 0. The Bertz CT molecular complexity index is 508. The number of nitrogens with zero attached hydrogens (tertiary/aromatic N) is 2. The summed E-state index contributed by atoms with van der Waals surface area (Å²) in [4.78, 5) is 5.62. The summed E-state index contributed by atoms with van der Waals surface area (Å²) in [6.07, 6.45) is 4.30. The maximum atomic E-state index is 4.54. The van der Waals surface area contributed by atoms with Crippen LogP contribution in [0.3, 0.4) is 0 Å². The van der Waals surface area contributed by atoms with Crippen LogP contribution >= 0.6 is 11.3 Å².